The molecule has 3 nitrogen and oxygen atoms in total. The van der Waals surface area contributed by atoms with Crippen LogP contribution >= 0.6 is 0 Å². The first-order chi connectivity index (χ1) is 8.26. The van der Waals surface area contributed by atoms with Gasteiger partial charge in [0.1, 0.15) is 6.29 Å². The van der Waals surface area contributed by atoms with Crippen molar-refractivity contribution in [1.29, 1.82) is 0 Å². The minimum Gasteiger partial charge on any atom is -0.331 e. The van der Waals surface area contributed by atoms with Crippen molar-refractivity contribution in [1.82, 2.24) is 4.90 Å². The van der Waals surface area contributed by atoms with Gasteiger partial charge in [0, 0.05) is 6.54 Å². The van der Waals surface area contributed by atoms with Gasteiger partial charge >= 0.3 is 0 Å². The molecule has 1 amide bonds. The molecule has 1 aliphatic rings. The lowest BCUT2D eigenvalue weighted by Gasteiger charge is -2.22. The molecule has 1 saturated heterocycles. The van der Waals surface area contributed by atoms with Crippen LogP contribution < -0.4 is 0 Å². The Morgan fingerprint density at radius 3 is 2.65 bits per heavy atom. The molecule has 0 spiro atoms. The van der Waals surface area contributed by atoms with Gasteiger partial charge in [0.15, 0.2) is 0 Å². The molecule has 1 heterocycles. The summed E-state index contributed by atoms with van der Waals surface area (Å²) in [7, 11) is 0. The lowest BCUT2D eigenvalue weighted by molar-refractivity contribution is -0.134. The van der Waals surface area contributed by atoms with E-state index >= 15 is 0 Å². The highest BCUT2D eigenvalue weighted by atomic mass is 16.2. The predicted octanol–water partition coefficient (Wildman–Crippen LogP) is 1.79. The molecule has 2 rings (SSSR count). The van der Waals surface area contributed by atoms with Gasteiger partial charge in [-0.3, -0.25) is 4.79 Å². The third-order valence-electron chi connectivity index (χ3n) is 3.13. The summed E-state index contributed by atoms with van der Waals surface area (Å²) in [4.78, 5) is 24.5. The Kier molecular flexibility index (Phi) is 3.38. The fourth-order valence-electron chi connectivity index (χ4n) is 2.18. The molecule has 1 aliphatic heterocycles. The zero-order valence-corrected chi connectivity index (χ0v) is 9.58. The Morgan fingerprint density at radius 1 is 1.35 bits per heavy atom. The van der Waals surface area contributed by atoms with Gasteiger partial charge < -0.3 is 9.69 Å². The molecule has 0 saturated carbocycles. The molecular weight excluding hydrogens is 214 g/mol. The number of carbonyl (C=O) groups excluding carboxylic acids is 2. The zero-order valence-electron chi connectivity index (χ0n) is 9.58. The fraction of sp³-hybridized carbons (Fsp3) is 0.286. The number of rotatable bonds is 4. The van der Waals surface area contributed by atoms with Gasteiger partial charge in [-0.1, -0.05) is 36.4 Å². The number of carbonyl (C=O) groups is 2. The van der Waals surface area contributed by atoms with Crippen LogP contribution in [0, 0.1) is 5.92 Å². The minimum atomic E-state index is -0.498. The maximum absolute atomic E-state index is 12.0. The molecule has 2 unspecified atom stereocenters. The number of amides is 1. The van der Waals surface area contributed by atoms with Crippen LogP contribution in [0.5, 0.6) is 0 Å². The van der Waals surface area contributed by atoms with Crippen LogP contribution in [0.4, 0.5) is 0 Å². The molecule has 17 heavy (non-hydrogen) atoms. The van der Waals surface area contributed by atoms with Crippen molar-refractivity contribution in [2.75, 3.05) is 0 Å². The van der Waals surface area contributed by atoms with Gasteiger partial charge in [-0.25, -0.2) is 0 Å². The quantitative estimate of drug-likeness (QED) is 0.448. The van der Waals surface area contributed by atoms with Gasteiger partial charge in [-0.15, -0.1) is 6.58 Å². The molecule has 3 heteroatoms. The van der Waals surface area contributed by atoms with Gasteiger partial charge in [-0.2, -0.15) is 0 Å². The van der Waals surface area contributed by atoms with Gasteiger partial charge in [0.05, 0.1) is 12.0 Å². The van der Waals surface area contributed by atoms with Crippen LogP contribution in [0.2, 0.25) is 0 Å². The number of likely N-dealkylation sites (tertiary alicyclic amines) is 1. The van der Waals surface area contributed by atoms with Crippen molar-refractivity contribution in [2.24, 2.45) is 5.92 Å². The van der Waals surface area contributed by atoms with E-state index in [4.69, 9.17) is 0 Å². The molecule has 1 aromatic rings. The summed E-state index contributed by atoms with van der Waals surface area (Å²) in [5, 5.41) is 0. The number of hydrogen-bond acceptors (Lipinski definition) is 2. The van der Waals surface area contributed by atoms with Crippen LogP contribution in [0.1, 0.15) is 12.0 Å². The highest BCUT2D eigenvalue weighted by Gasteiger charge is 2.37. The fourth-order valence-corrected chi connectivity index (χ4v) is 2.18. The first kappa shape index (κ1) is 11.6. The summed E-state index contributed by atoms with van der Waals surface area (Å²) in [5.74, 6) is -0.588. The summed E-state index contributed by atoms with van der Waals surface area (Å²) in [6.07, 6.45) is 3.03. The van der Waals surface area contributed by atoms with Crippen molar-refractivity contribution < 1.29 is 9.59 Å². The highest BCUT2D eigenvalue weighted by molar-refractivity contribution is 5.94. The average Bonchev–Trinajstić information content (AvgIpc) is 2.68. The van der Waals surface area contributed by atoms with Crippen molar-refractivity contribution >= 4 is 12.2 Å². The molecule has 0 aliphatic carbocycles. The van der Waals surface area contributed by atoms with E-state index in [1.807, 2.05) is 30.3 Å². The topological polar surface area (TPSA) is 37.4 Å². The Balaban J connectivity index is 2.16. The van der Waals surface area contributed by atoms with E-state index in [9.17, 15) is 9.59 Å². The maximum Gasteiger partial charge on any atom is 0.233 e. The number of hydrogen-bond donors (Lipinski definition) is 0. The molecule has 0 aromatic heterocycles. The van der Waals surface area contributed by atoms with Crippen LogP contribution in [-0.4, -0.2) is 23.1 Å². The molecule has 2 atom stereocenters. The number of benzene rings is 1. The van der Waals surface area contributed by atoms with Gasteiger partial charge in [0.25, 0.3) is 0 Å². The zero-order chi connectivity index (χ0) is 12.3. The van der Waals surface area contributed by atoms with E-state index in [2.05, 4.69) is 6.58 Å². The van der Waals surface area contributed by atoms with Crippen LogP contribution in [0.15, 0.2) is 43.0 Å². The molecule has 1 aromatic carbocycles. The van der Waals surface area contributed by atoms with E-state index in [0.717, 1.165) is 11.8 Å². The SMILES string of the molecule is C=CC1CC(C=O)C(=O)N1Cc1ccccc1. The summed E-state index contributed by atoms with van der Waals surface area (Å²) in [5.41, 5.74) is 1.07. The van der Waals surface area contributed by atoms with Crippen molar-refractivity contribution in [2.45, 2.75) is 19.0 Å². The second kappa shape index (κ2) is 4.95. The third kappa shape index (κ3) is 2.28. The smallest absolute Gasteiger partial charge is 0.233 e. The highest BCUT2D eigenvalue weighted by Crippen LogP contribution is 2.25. The monoisotopic (exact) mass is 229 g/mol. The summed E-state index contributed by atoms with van der Waals surface area (Å²) < 4.78 is 0. The summed E-state index contributed by atoms with van der Waals surface area (Å²) in [6, 6.07) is 9.74. The van der Waals surface area contributed by atoms with Crippen LogP contribution in [0.25, 0.3) is 0 Å². The van der Waals surface area contributed by atoms with Gasteiger partial charge in [-0.05, 0) is 12.0 Å². The van der Waals surface area contributed by atoms with E-state index in [0.29, 0.717) is 13.0 Å². The summed E-state index contributed by atoms with van der Waals surface area (Å²) >= 11 is 0. The molecular formula is C14H15NO2. The lowest BCUT2D eigenvalue weighted by Crippen LogP contribution is -2.32. The Hall–Kier alpha value is -1.90. The lowest BCUT2D eigenvalue weighted by atomic mass is 10.1. The van der Waals surface area contributed by atoms with E-state index < -0.39 is 5.92 Å². The second-order valence-corrected chi connectivity index (χ2v) is 4.23. The standard InChI is InChI=1S/C14H15NO2/c1-2-13-8-12(10-16)14(17)15(13)9-11-6-4-3-5-7-11/h2-7,10,12-13H,1,8-9H2. The number of aldehydes is 1. The average molecular weight is 229 g/mol. The third-order valence-corrected chi connectivity index (χ3v) is 3.13. The first-order valence-electron chi connectivity index (χ1n) is 5.68. The predicted molar refractivity (Wildman–Crippen MR) is 65.1 cm³/mol. The number of nitrogens with zero attached hydrogens (tertiary/aromatic N) is 1. The van der Waals surface area contributed by atoms with E-state index in [-0.39, 0.29) is 11.9 Å². The van der Waals surface area contributed by atoms with Crippen molar-refractivity contribution in [3.8, 4) is 0 Å². The molecule has 88 valence electrons. The van der Waals surface area contributed by atoms with E-state index in [1.54, 1.807) is 11.0 Å². The van der Waals surface area contributed by atoms with Crippen LogP contribution in [-0.2, 0) is 16.1 Å². The first-order valence-corrected chi connectivity index (χ1v) is 5.68. The Bertz CT molecular complexity index is 427. The van der Waals surface area contributed by atoms with E-state index in [1.165, 1.54) is 0 Å². The van der Waals surface area contributed by atoms with Gasteiger partial charge in [0.2, 0.25) is 5.91 Å². The Morgan fingerprint density at radius 2 is 2.06 bits per heavy atom. The summed E-state index contributed by atoms with van der Waals surface area (Å²) in [6.45, 7) is 4.27. The van der Waals surface area contributed by atoms with Crippen molar-refractivity contribution in [3.63, 3.8) is 0 Å². The molecule has 0 bridgehead atoms. The molecule has 1 fully saturated rings. The molecule has 0 N–H and O–H groups in total. The second-order valence-electron chi connectivity index (χ2n) is 4.23. The van der Waals surface area contributed by atoms with Crippen LogP contribution in [0.3, 0.4) is 0 Å². The minimum absolute atomic E-state index is 0.0297. The maximum atomic E-state index is 12.0. The molecule has 0 radical (unpaired) electrons. The van der Waals surface area contributed by atoms with Crippen molar-refractivity contribution in [3.05, 3.63) is 48.6 Å². The Labute approximate surface area is 101 Å². The largest absolute Gasteiger partial charge is 0.331 e. The normalized spacial score (nSPS) is 23.8.